The highest BCUT2D eigenvalue weighted by Crippen LogP contribution is 2.12. The van der Waals surface area contributed by atoms with E-state index >= 15 is 0 Å². The molecule has 0 saturated carbocycles. The van der Waals surface area contributed by atoms with Crippen molar-refractivity contribution in [2.45, 2.75) is 6.54 Å². The quantitative estimate of drug-likeness (QED) is 0.869. The van der Waals surface area contributed by atoms with E-state index in [1.54, 1.807) is 0 Å². The molecule has 20 heavy (non-hydrogen) atoms. The van der Waals surface area contributed by atoms with Crippen molar-refractivity contribution in [2.24, 2.45) is 0 Å². The van der Waals surface area contributed by atoms with Crippen molar-refractivity contribution in [1.29, 1.82) is 0 Å². The minimum Gasteiger partial charge on any atom is -0.465 e. The molecule has 1 aromatic carbocycles. The minimum atomic E-state index is -0.952. The van der Waals surface area contributed by atoms with Crippen molar-refractivity contribution in [3.63, 3.8) is 0 Å². The molecule has 1 saturated heterocycles. The first-order chi connectivity index (χ1) is 9.63. The molecule has 0 unspecified atom stereocenters. The summed E-state index contributed by atoms with van der Waals surface area (Å²) >= 11 is 5.88. The maximum Gasteiger partial charge on any atom is 0.404 e. The van der Waals surface area contributed by atoms with E-state index in [-0.39, 0.29) is 0 Å². The van der Waals surface area contributed by atoms with Crippen LogP contribution in [0.3, 0.4) is 0 Å². The van der Waals surface area contributed by atoms with Crippen molar-refractivity contribution in [3.05, 3.63) is 34.9 Å². The van der Waals surface area contributed by atoms with Crippen LogP contribution in [0, 0.1) is 0 Å². The Labute approximate surface area is 124 Å². The molecule has 1 amide bonds. The summed E-state index contributed by atoms with van der Waals surface area (Å²) in [5.41, 5.74) is 1.27. The third-order valence-electron chi connectivity index (χ3n) is 3.49. The molecule has 0 aliphatic carbocycles. The Morgan fingerprint density at radius 1 is 1.15 bits per heavy atom. The average molecular weight is 298 g/mol. The average Bonchev–Trinajstić information content (AvgIpc) is 2.43. The summed E-state index contributed by atoms with van der Waals surface area (Å²) in [5.74, 6) is 0. The van der Waals surface area contributed by atoms with Crippen molar-refractivity contribution < 1.29 is 9.90 Å². The molecule has 0 radical (unpaired) electrons. The minimum absolute atomic E-state index is 0.493. The molecule has 0 aromatic heterocycles. The van der Waals surface area contributed by atoms with Gasteiger partial charge >= 0.3 is 6.09 Å². The van der Waals surface area contributed by atoms with E-state index in [4.69, 9.17) is 16.7 Å². The van der Waals surface area contributed by atoms with Gasteiger partial charge in [0.05, 0.1) is 0 Å². The van der Waals surface area contributed by atoms with Crippen LogP contribution in [-0.4, -0.2) is 60.3 Å². The number of hydrogen-bond acceptors (Lipinski definition) is 3. The SMILES string of the molecule is O=C(O)NCCN1CCN(Cc2ccc(Cl)cc2)CC1. The summed E-state index contributed by atoms with van der Waals surface area (Å²) < 4.78 is 0. The van der Waals surface area contributed by atoms with Crippen molar-refractivity contribution >= 4 is 17.7 Å². The Bertz CT molecular complexity index is 431. The van der Waals surface area contributed by atoms with Crippen molar-refractivity contribution in [1.82, 2.24) is 15.1 Å². The van der Waals surface area contributed by atoms with E-state index in [0.717, 1.165) is 44.3 Å². The summed E-state index contributed by atoms with van der Waals surface area (Å²) in [6, 6.07) is 7.96. The smallest absolute Gasteiger partial charge is 0.404 e. The van der Waals surface area contributed by atoms with E-state index < -0.39 is 6.09 Å². The van der Waals surface area contributed by atoms with Crippen molar-refractivity contribution in [3.8, 4) is 0 Å². The topological polar surface area (TPSA) is 55.8 Å². The number of nitrogens with one attached hydrogen (secondary N) is 1. The molecule has 0 bridgehead atoms. The summed E-state index contributed by atoms with van der Waals surface area (Å²) in [4.78, 5) is 15.1. The van der Waals surface area contributed by atoms with Crippen LogP contribution < -0.4 is 5.32 Å². The Kier molecular flexibility index (Phi) is 5.64. The van der Waals surface area contributed by atoms with Gasteiger partial charge in [0.1, 0.15) is 0 Å². The van der Waals surface area contributed by atoms with Gasteiger partial charge in [-0.3, -0.25) is 9.80 Å². The van der Waals surface area contributed by atoms with Gasteiger partial charge in [-0.25, -0.2) is 4.79 Å². The van der Waals surface area contributed by atoms with Crippen molar-refractivity contribution in [2.75, 3.05) is 39.3 Å². The molecule has 0 atom stereocenters. The van der Waals surface area contributed by atoms with Crippen LogP contribution in [0.2, 0.25) is 5.02 Å². The molecule has 1 aromatic rings. The van der Waals surface area contributed by atoms with E-state index in [2.05, 4.69) is 27.2 Å². The first-order valence-electron chi connectivity index (χ1n) is 6.79. The first-order valence-corrected chi connectivity index (χ1v) is 7.17. The van der Waals surface area contributed by atoms with E-state index in [1.807, 2.05) is 12.1 Å². The van der Waals surface area contributed by atoms with Crippen LogP contribution in [0.4, 0.5) is 4.79 Å². The third kappa shape index (κ3) is 5.00. The predicted octanol–water partition coefficient (Wildman–Crippen LogP) is 1.73. The van der Waals surface area contributed by atoms with Gasteiger partial charge in [0.15, 0.2) is 0 Å². The number of amides is 1. The number of halogens is 1. The zero-order valence-corrected chi connectivity index (χ0v) is 12.1. The van der Waals surface area contributed by atoms with E-state index in [1.165, 1.54) is 5.56 Å². The predicted molar refractivity (Wildman–Crippen MR) is 79.2 cm³/mol. The normalized spacial score (nSPS) is 17.1. The van der Waals surface area contributed by atoms with Gasteiger partial charge in [0, 0.05) is 50.8 Å². The van der Waals surface area contributed by atoms with E-state index in [9.17, 15) is 4.79 Å². The molecular formula is C14H20ClN3O2. The van der Waals surface area contributed by atoms with Gasteiger partial charge in [-0.1, -0.05) is 23.7 Å². The monoisotopic (exact) mass is 297 g/mol. The highest BCUT2D eigenvalue weighted by atomic mass is 35.5. The Morgan fingerprint density at radius 3 is 2.35 bits per heavy atom. The molecule has 1 aliphatic rings. The van der Waals surface area contributed by atoms with Crippen LogP contribution >= 0.6 is 11.6 Å². The Balaban J connectivity index is 1.68. The largest absolute Gasteiger partial charge is 0.465 e. The number of hydrogen-bond donors (Lipinski definition) is 2. The number of piperazine rings is 1. The molecule has 1 heterocycles. The molecule has 1 fully saturated rings. The molecule has 6 heteroatoms. The number of benzene rings is 1. The number of carbonyl (C=O) groups is 1. The fourth-order valence-electron chi connectivity index (χ4n) is 2.34. The summed E-state index contributed by atoms with van der Waals surface area (Å²) in [7, 11) is 0. The molecule has 2 rings (SSSR count). The third-order valence-corrected chi connectivity index (χ3v) is 3.74. The van der Waals surface area contributed by atoms with Gasteiger partial charge in [-0.2, -0.15) is 0 Å². The summed E-state index contributed by atoms with van der Waals surface area (Å²) in [6.45, 7) is 6.20. The summed E-state index contributed by atoms with van der Waals surface area (Å²) in [5, 5.41) is 11.7. The fraction of sp³-hybridized carbons (Fsp3) is 0.500. The van der Waals surface area contributed by atoms with Gasteiger partial charge in [-0.15, -0.1) is 0 Å². The highest BCUT2D eigenvalue weighted by Gasteiger charge is 2.16. The van der Waals surface area contributed by atoms with Crippen LogP contribution in [0.1, 0.15) is 5.56 Å². The van der Waals surface area contributed by atoms with Crippen LogP contribution in [0.25, 0.3) is 0 Å². The Hall–Kier alpha value is -1.30. The molecule has 0 spiro atoms. The number of carboxylic acid groups (broad SMARTS) is 1. The summed E-state index contributed by atoms with van der Waals surface area (Å²) in [6.07, 6.45) is -0.952. The standard InChI is InChI=1S/C14H20ClN3O2/c15-13-3-1-12(2-4-13)11-18-9-7-17(8-10-18)6-5-16-14(19)20/h1-4,16H,5-11H2,(H,19,20). The maximum absolute atomic E-state index is 10.4. The van der Waals surface area contributed by atoms with Gasteiger partial charge in [0.2, 0.25) is 0 Å². The molecule has 2 N–H and O–H groups in total. The number of rotatable bonds is 5. The lowest BCUT2D eigenvalue weighted by Gasteiger charge is -2.34. The van der Waals surface area contributed by atoms with Crippen LogP contribution in [0.5, 0.6) is 0 Å². The van der Waals surface area contributed by atoms with Crippen LogP contribution in [-0.2, 0) is 6.54 Å². The second-order valence-corrected chi connectivity index (χ2v) is 5.41. The molecule has 5 nitrogen and oxygen atoms in total. The lowest BCUT2D eigenvalue weighted by atomic mass is 10.2. The zero-order chi connectivity index (χ0) is 14.4. The lowest BCUT2D eigenvalue weighted by Crippen LogP contribution is -2.47. The molecular weight excluding hydrogens is 278 g/mol. The highest BCUT2D eigenvalue weighted by molar-refractivity contribution is 6.30. The second-order valence-electron chi connectivity index (χ2n) is 4.98. The lowest BCUT2D eigenvalue weighted by molar-refractivity contribution is 0.127. The Morgan fingerprint density at radius 2 is 1.75 bits per heavy atom. The maximum atomic E-state index is 10.4. The van der Waals surface area contributed by atoms with Crippen LogP contribution in [0.15, 0.2) is 24.3 Å². The fourth-order valence-corrected chi connectivity index (χ4v) is 2.47. The van der Waals surface area contributed by atoms with Gasteiger partial charge in [0.25, 0.3) is 0 Å². The van der Waals surface area contributed by atoms with E-state index in [0.29, 0.717) is 6.54 Å². The second kappa shape index (κ2) is 7.47. The molecule has 1 aliphatic heterocycles. The van der Waals surface area contributed by atoms with Gasteiger partial charge < -0.3 is 10.4 Å². The number of nitrogens with zero attached hydrogens (tertiary/aromatic N) is 2. The molecule has 110 valence electrons. The zero-order valence-electron chi connectivity index (χ0n) is 11.4. The van der Waals surface area contributed by atoms with Gasteiger partial charge in [-0.05, 0) is 17.7 Å². The first kappa shape index (κ1) is 15.1.